The molecule has 17 heavy (non-hydrogen) atoms. The van der Waals surface area contributed by atoms with Gasteiger partial charge in [-0.1, -0.05) is 6.07 Å². The second-order valence-electron chi connectivity index (χ2n) is 4.12. The number of rotatable bonds is 1. The van der Waals surface area contributed by atoms with Gasteiger partial charge in [0.25, 0.3) is 5.91 Å². The van der Waals surface area contributed by atoms with Crippen LogP contribution in [0.2, 0.25) is 0 Å². The Morgan fingerprint density at radius 3 is 2.59 bits per heavy atom. The van der Waals surface area contributed by atoms with Crippen LogP contribution in [-0.4, -0.2) is 39.6 Å². The molecule has 0 saturated carbocycles. The highest BCUT2D eigenvalue weighted by Gasteiger charge is 2.23. The molecule has 0 radical (unpaired) electrons. The zero-order valence-corrected chi connectivity index (χ0v) is 10.4. The number of carbonyl (C=O) groups excluding carboxylic acids is 1. The first-order valence-electron chi connectivity index (χ1n) is 5.48. The highest BCUT2D eigenvalue weighted by molar-refractivity contribution is 7.85. The maximum atomic E-state index is 13.6. The Kier molecular flexibility index (Phi) is 3.57. The molecule has 1 aliphatic rings. The van der Waals surface area contributed by atoms with Gasteiger partial charge in [-0.2, -0.15) is 0 Å². The standard InChI is InChI=1S/C12H14FNO2S/c1-9-2-3-10(11(13)8-9)12(15)14-4-6-17(16)7-5-14/h2-3,8H,4-7H2,1H3. The molecule has 1 fully saturated rings. The molecule has 92 valence electrons. The van der Waals surface area contributed by atoms with E-state index in [0.717, 1.165) is 5.56 Å². The summed E-state index contributed by atoms with van der Waals surface area (Å²) < 4.78 is 24.8. The Morgan fingerprint density at radius 1 is 1.35 bits per heavy atom. The topological polar surface area (TPSA) is 37.4 Å². The summed E-state index contributed by atoms with van der Waals surface area (Å²) in [5.74, 6) is 0.180. The third-order valence-electron chi connectivity index (χ3n) is 2.82. The molecule has 2 rings (SSSR count). The second kappa shape index (κ2) is 4.96. The lowest BCUT2D eigenvalue weighted by Gasteiger charge is -2.26. The van der Waals surface area contributed by atoms with E-state index in [1.165, 1.54) is 12.1 Å². The van der Waals surface area contributed by atoms with Crippen molar-refractivity contribution in [3.63, 3.8) is 0 Å². The SMILES string of the molecule is Cc1ccc(C(=O)N2CCS(=O)CC2)c(F)c1. The molecule has 1 aliphatic heterocycles. The predicted octanol–water partition coefficient (Wildman–Crippen LogP) is 1.34. The second-order valence-corrected chi connectivity index (χ2v) is 5.82. The molecule has 1 heterocycles. The molecule has 1 amide bonds. The first-order chi connectivity index (χ1) is 8.08. The van der Waals surface area contributed by atoms with Crippen LogP contribution in [0.3, 0.4) is 0 Å². The molecule has 0 bridgehead atoms. The van der Waals surface area contributed by atoms with Crippen molar-refractivity contribution in [2.45, 2.75) is 6.92 Å². The van der Waals surface area contributed by atoms with Crippen LogP contribution in [-0.2, 0) is 10.8 Å². The van der Waals surface area contributed by atoms with Crippen LogP contribution in [0.1, 0.15) is 15.9 Å². The number of halogens is 1. The largest absolute Gasteiger partial charge is 0.337 e. The number of benzene rings is 1. The van der Waals surface area contributed by atoms with E-state index in [4.69, 9.17) is 0 Å². The molecule has 1 aromatic carbocycles. The number of hydrogen-bond acceptors (Lipinski definition) is 2. The minimum absolute atomic E-state index is 0.100. The van der Waals surface area contributed by atoms with Crippen LogP contribution in [0.15, 0.2) is 18.2 Å². The lowest BCUT2D eigenvalue weighted by molar-refractivity contribution is 0.0766. The lowest BCUT2D eigenvalue weighted by Crippen LogP contribution is -2.42. The van der Waals surface area contributed by atoms with Crippen molar-refractivity contribution in [3.8, 4) is 0 Å². The lowest BCUT2D eigenvalue weighted by atomic mass is 10.1. The monoisotopic (exact) mass is 255 g/mol. The van der Waals surface area contributed by atoms with Gasteiger partial charge < -0.3 is 4.90 Å². The van der Waals surface area contributed by atoms with Gasteiger partial charge in [0.15, 0.2) is 0 Å². The summed E-state index contributed by atoms with van der Waals surface area (Å²) in [5.41, 5.74) is 0.891. The van der Waals surface area contributed by atoms with Crippen molar-refractivity contribution in [2.24, 2.45) is 0 Å². The van der Waals surface area contributed by atoms with Gasteiger partial charge in [-0.05, 0) is 24.6 Å². The number of carbonyl (C=O) groups is 1. The molecule has 0 spiro atoms. The quantitative estimate of drug-likeness (QED) is 0.759. The minimum Gasteiger partial charge on any atom is -0.337 e. The number of nitrogens with zero attached hydrogens (tertiary/aromatic N) is 1. The fraction of sp³-hybridized carbons (Fsp3) is 0.417. The summed E-state index contributed by atoms with van der Waals surface area (Å²) in [6.07, 6.45) is 0. The number of aryl methyl sites for hydroxylation is 1. The van der Waals surface area contributed by atoms with Gasteiger partial charge >= 0.3 is 0 Å². The molecular formula is C12H14FNO2S. The molecule has 0 aromatic heterocycles. The van der Waals surface area contributed by atoms with Crippen molar-refractivity contribution < 1.29 is 13.4 Å². The molecule has 1 aromatic rings. The average molecular weight is 255 g/mol. The molecule has 0 unspecified atom stereocenters. The molecule has 0 atom stereocenters. The van der Waals surface area contributed by atoms with Crippen LogP contribution in [0.5, 0.6) is 0 Å². The van der Waals surface area contributed by atoms with Crippen LogP contribution in [0.4, 0.5) is 4.39 Å². The van der Waals surface area contributed by atoms with Gasteiger partial charge in [0.05, 0.1) is 5.56 Å². The summed E-state index contributed by atoms with van der Waals surface area (Å²) >= 11 is 0. The van der Waals surface area contributed by atoms with Crippen molar-refractivity contribution in [1.82, 2.24) is 4.90 Å². The highest BCUT2D eigenvalue weighted by Crippen LogP contribution is 2.14. The Bertz CT molecular complexity index is 466. The molecule has 3 nitrogen and oxygen atoms in total. The maximum Gasteiger partial charge on any atom is 0.256 e. The van der Waals surface area contributed by atoms with Gasteiger partial charge in [-0.25, -0.2) is 4.39 Å². The van der Waals surface area contributed by atoms with Crippen LogP contribution >= 0.6 is 0 Å². The fourth-order valence-corrected chi connectivity index (χ4v) is 2.86. The van der Waals surface area contributed by atoms with Crippen LogP contribution in [0.25, 0.3) is 0 Å². The van der Waals surface area contributed by atoms with Gasteiger partial charge in [0.1, 0.15) is 5.82 Å². The normalized spacial score (nSPS) is 17.2. The third-order valence-corrected chi connectivity index (χ3v) is 4.10. The Balaban J connectivity index is 2.16. The predicted molar refractivity (Wildman–Crippen MR) is 64.9 cm³/mol. The van der Waals surface area contributed by atoms with E-state index in [9.17, 15) is 13.4 Å². The van der Waals surface area contributed by atoms with E-state index in [2.05, 4.69) is 0 Å². The maximum absolute atomic E-state index is 13.6. The summed E-state index contributed by atoms with van der Waals surface area (Å²) in [6.45, 7) is 2.67. The van der Waals surface area contributed by atoms with E-state index in [-0.39, 0.29) is 11.5 Å². The zero-order valence-electron chi connectivity index (χ0n) is 9.61. The minimum atomic E-state index is -0.830. The molecule has 1 saturated heterocycles. The first kappa shape index (κ1) is 12.2. The van der Waals surface area contributed by atoms with E-state index >= 15 is 0 Å². The van der Waals surface area contributed by atoms with E-state index in [1.807, 2.05) is 0 Å². The van der Waals surface area contributed by atoms with E-state index < -0.39 is 16.6 Å². The summed E-state index contributed by atoms with van der Waals surface area (Å²) in [6, 6.07) is 4.59. The summed E-state index contributed by atoms with van der Waals surface area (Å²) in [7, 11) is -0.830. The molecule has 5 heteroatoms. The molecule has 0 N–H and O–H groups in total. The number of amides is 1. The molecule has 0 aliphatic carbocycles. The smallest absolute Gasteiger partial charge is 0.256 e. The first-order valence-corrected chi connectivity index (χ1v) is 6.97. The Hall–Kier alpha value is -1.23. The van der Waals surface area contributed by atoms with Crippen molar-refractivity contribution in [1.29, 1.82) is 0 Å². The summed E-state index contributed by atoms with van der Waals surface area (Å²) in [4.78, 5) is 13.6. The van der Waals surface area contributed by atoms with Crippen molar-refractivity contribution in [3.05, 3.63) is 35.1 Å². The van der Waals surface area contributed by atoms with Gasteiger partial charge in [0.2, 0.25) is 0 Å². The fourth-order valence-electron chi connectivity index (χ4n) is 1.80. The van der Waals surface area contributed by atoms with Crippen LogP contribution < -0.4 is 0 Å². The van der Waals surface area contributed by atoms with E-state index in [1.54, 1.807) is 17.9 Å². The average Bonchev–Trinajstić information content (AvgIpc) is 2.29. The highest BCUT2D eigenvalue weighted by atomic mass is 32.2. The number of hydrogen-bond donors (Lipinski definition) is 0. The summed E-state index contributed by atoms with van der Waals surface area (Å²) in [5, 5.41) is 0. The van der Waals surface area contributed by atoms with Gasteiger partial charge in [-0.15, -0.1) is 0 Å². The Labute approximate surface area is 102 Å². The van der Waals surface area contributed by atoms with Crippen molar-refractivity contribution >= 4 is 16.7 Å². The van der Waals surface area contributed by atoms with Crippen molar-refractivity contribution in [2.75, 3.05) is 24.6 Å². The van der Waals surface area contributed by atoms with Gasteiger partial charge in [0, 0.05) is 35.4 Å². The van der Waals surface area contributed by atoms with E-state index in [0.29, 0.717) is 24.6 Å². The third kappa shape index (κ3) is 2.72. The Morgan fingerprint density at radius 2 is 2.00 bits per heavy atom. The molecular weight excluding hydrogens is 241 g/mol. The van der Waals surface area contributed by atoms with Gasteiger partial charge in [-0.3, -0.25) is 9.00 Å². The van der Waals surface area contributed by atoms with Crippen LogP contribution in [0, 0.1) is 12.7 Å². The zero-order chi connectivity index (χ0) is 12.4.